The van der Waals surface area contributed by atoms with Crippen LogP contribution in [0.1, 0.15) is 0 Å². The topological polar surface area (TPSA) is 119 Å². The minimum Gasteiger partial charge on any atom is -0.307 e. The van der Waals surface area contributed by atoms with Crippen molar-refractivity contribution >= 4 is 17.4 Å². The second-order valence-corrected chi connectivity index (χ2v) is 2.30. The van der Waals surface area contributed by atoms with Crippen molar-refractivity contribution in [3.05, 3.63) is 12.1 Å². The average molecular weight is 180 g/mol. The van der Waals surface area contributed by atoms with Gasteiger partial charge in [-0.15, -0.1) is 15.3 Å². The van der Waals surface area contributed by atoms with Crippen LogP contribution >= 0.6 is 0 Å². The van der Waals surface area contributed by atoms with Crippen molar-refractivity contribution < 1.29 is 0 Å². The Balaban J connectivity index is 2.64. The van der Waals surface area contributed by atoms with E-state index in [0.717, 1.165) is 0 Å². The number of aromatic nitrogens is 4. The smallest absolute Gasteiger partial charge is 0.260 e. The van der Waals surface area contributed by atoms with Crippen LogP contribution in [0.5, 0.6) is 0 Å². The van der Waals surface area contributed by atoms with Crippen LogP contribution in [0.2, 0.25) is 0 Å². The Morgan fingerprint density at radius 1 is 1.15 bits per heavy atom. The summed E-state index contributed by atoms with van der Waals surface area (Å²) >= 11 is 0. The summed E-state index contributed by atoms with van der Waals surface area (Å²) in [7, 11) is 0. The van der Waals surface area contributed by atoms with Crippen LogP contribution in [0.25, 0.3) is 5.65 Å². The van der Waals surface area contributed by atoms with E-state index < -0.39 is 0 Å². The Bertz CT molecular complexity index is 419. The lowest BCUT2D eigenvalue weighted by molar-refractivity contribution is 0.922. The number of fused-ring (bicyclic) bond motifs is 1. The van der Waals surface area contributed by atoms with E-state index >= 15 is 0 Å². The molecule has 0 aromatic carbocycles. The molecule has 8 nitrogen and oxygen atoms in total. The van der Waals surface area contributed by atoms with Gasteiger partial charge in [-0.05, 0) is 12.1 Å². The molecule has 0 spiro atoms. The van der Waals surface area contributed by atoms with Gasteiger partial charge in [0.2, 0.25) is 0 Å². The second kappa shape index (κ2) is 2.84. The number of rotatable bonds is 2. The molecule has 0 fully saturated rings. The fourth-order valence-corrected chi connectivity index (χ4v) is 0.956. The summed E-state index contributed by atoms with van der Waals surface area (Å²) in [5.74, 6) is 11.2. The lowest BCUT2D eigenvalue weighted by Crippen LogP contribution is -2.14. The van der Waals surface area contributed by atoms with Crippen LogP contribution in [-0.2, 0) is 0 Å². The zero-order valence-electron chi connectivity index (χ0n) is 6.60. The summed E-state index contributed by atoms with van der Waals surface area (Å²) in [4.78, 5) is 0. The predicted octanol–water partition coefficient (Wildman–Crippen LogP) is -1.30. The Morgan fingerprint density at radius 3 is 2.69 bits per heavy atom. The zero-order chi connectivity index (χ0) is 9.26. The van der Waals surface area contributed by atoms with Crippen molar-refractivity contribution in [2.45, 2.75) is 0 Å². The van der Waals surface area contributed by atoms with Crippen LogP contribution in [0.4, 0.5) is 11.8 Å². The van der Waals surface area contributed by atoms with Gasteiger partial charge in [0, 0.05) is 0 Å². The maximum atomic E-state index is 5.19. The van der Waals surface area contributed by atoms with Crippen LogP contribution in [-0.4, -0.2) is 19.8 Å². The molecule has 0 atom stereocenters. The predicted molar refractivity (Wildman–Crippen MR) is 46.4 cm³/mol. The van der Waals surface area contributed by atoms with Crippen LogP contribution < -0.4 is 22.5 Å². The molecule has 0 saturated carbocycles. The number of hydrogen-bond acceptors (Lipinski definition) is 7. The summed E-state index contributed by atoms with van der Waals surface area (Å²) in [6, 6.07) is 3.40. The van der Waals surface area contributed by atoms with Crippen molar-refractivity contribution in [1.82, 2.24) is 19.8 Å². The lowest BCUT2D eigenvalue weighted by Gasteiger charge is -1.99. The van der Waals surface area contributed by atoms with Gasteiger partial charge in [-0.1, -0.05) is 0 Å². The van der Waals surface area contributed by atoms with E-state index in [1.54, 1.807) is 12.1 Å². The van der Waals surface area contributed by atoms with Crippen molar-refractivity contribution in [2.24, 2.45) is 11.7 Å². The van der Waals surface area contributed by atoms with E-state index in [0.29, 0.717) is 17.4 Å². The number of nitrogens with one attached hydrogen (secondary N) is 2. The summed E-state index contributed by atoms with van der Waals surface area (Å²) < 4.78 is 1.44. The first kappa shape index (κ1) is 7.71. The quantitative estimate of drug-likeness (QED) is 0.335. The van der Waals surface area contributed by atoms with Crippen molar-refractivity contribution in [3.8, 4) is 0 Å². The maximum Gasteiger partial charge on any atom is 0.260 e. The van der Waals surface area contributed by atoms with Crippen LogP contribution in [0, 0.1) is 0 Å². The molecule has 0 aliphatic heterocycles. The number of anilines is 2. The minimum atomic E-state index is 0.354. The summed E-state index contributed by atoms with van der Waals surface area (Å²) in [5, 5.41) is 11.6. The zero-order valence-corrected chi connectivity index (χ0v) is 6.60. The average Bonchev–Trinajstić information content (AvgIpc) is 2.59. The first-order valence-electron chi connectivity index (χ1n) is 3.51. The van der Waals surface area contributed by atoms with Gasteiger partial charge in [0.25, 0.3) is 5.95 Å². The molecule has 6 N–H and O–H groups in total. The molecule has 0 amide bonds. The Hall–Kier alpha value is -1.93. The lowest BCUT2D eigenvalue weighted by atomic mass is 10.5. The molecule has 0 unspecified atom stereocenters. The molecule has 2 aromatic heterocycles. The van der Waals surface area contributed by atoms with Crippen LogP contribution in [0.3, 0.4) is 0 Å². The molecule has 13 heavy (non-hydrogen) atoms. The van der Waals surface area contributed by atoms with E-state index in [2.05, 4.69) is 26.1 Å². The van der Waals surface area contributed by atoms with E-state index in [1.807, 2.05) is 0 Å². The fraction of sp³-hybridized carbons (Fsp3) is 0. The molecule has 0 saturated heterocycles. The highest BCUT2D eigenvalue weighted by Crippen LogP contribution is 2.07. The number of nitrogens with zero attached hydrogens (tertiary/aromatic N) is 4. The standard InChI is InChI=1S/C5H8N8/c6-8-3-1-2-4-10-11-5(9-7)13(4)12-3/h1-2H,6-7H2,(H,8,12)(H,9,11). The Morgan fingerprint density at radius 2 is 2.00 bits per heavy atom. The number of nitrogen functional groups attached to an aromatic ring is 2. The van der Waals surface area contributed by atoms with E-state index in [1.165, 1.54) is 4.52 Å². The summed E-state index contributed by atoms with van der Waals surface area (Å²) in [6.07, 6.45) is 0. The highest BCUT2D eigenvalue weighted by atomic mass is 15.5. The van der Waals surface area contributed by atoms with Crippen molar-refractivity contribution in [3.63, 3.8) is 0 Å². The van der Waals surface area contributed by atoms with Gasteiger partial charge in [-0.3, -0.25) is 5.43 Å². The molecular formula is C5H8N8. The SMILES string of the molecule is NNc1ccc2nnc(NN)n2n1. The molecule has 2 aromatic rings. The van der Waals surface area contributed by atoms with Gasteiger partial charge in [-0.2, -0.15) is 4.52 Å². The van der Waals surface area contributed by atoms with Crippen molar-refractivity contribution in [2.75, 3.05) is 10.9 Å². The highest BCUT2D eigenvalue weighted by molar-refractivity contribution is 5.47. The molecule has 0 radical (unpaired) electrons. The van der Waals surface area contributed by atoms with Gasteiger partial charge in [0.05, 0.1) is 0 Å². The second-order valence-electron chi connectivity index (χ2n) is 2.30. The molecule has 68 valence electrons. The van der Waals surface area contributed by atoms with Gasteiger partial charge in [-0.25, -0.2) is 11.7 Å². The van der Waals surface area contributed by atoms with E-state index in [4.69, 9.17) is 11.7 Å². The van der Waals surface area contributed by atoms with Gasteiger partial charge >= 0.3 is 0 Å². The third-order valence-corrected chi connectivity index (χ3v) is 1.54. The van der Waals surface area contributed by atoms with Gasteiger partial charge in [0.15, 0.2) is 11.5 Å². The molecule has 0 aliphatic carbocycles. The molecule has 8 heteroatoms. The van der Waals surface area contributed by atoms with Crippen LogP contribution in [0.15, 0.2) is 12.1 Å². The molecule has 2 rings (SSSR count). The number of nitrogens with two attached hydrogens (primary N) is 2. The summed E-state index contributed by atoms with van der Waals surface area (Å²) in [5.41, 5.74) is 5.35. The Labute approximate surface area is 72.9 Å². The summed E-state index contributed by atoms with van der Waals surface area (Å²) in [6.45, 7) is 0. The Kier molecular flexibility index (Phi) is 1.69. The monoisotopic (exact) mass is 180 g/mol. The van der Waals surface area contributed by atoms with Gasteiger partial charge in [0.1, 0.15) is 0 Å². The molecular weight excluding hydrogens is 172 g/mol. The minimum absolute atomic E-state index is 0.354. The maximum absolute atomic E-state index is 5.19. The van der Waals surface area contributed by atoms with Gasteiger partial charge < -0.3 is 5.43 Å². The normalized spacial score (nSPS) is 10.3. The first-order chi connectivity index (χ1) is 6.35. The molecule has 2 heterocycles. The first-order valence-corrected chi connectivity index (χ1v) is 3.51. The fourth-order valence-electron chi connectivity index (χ4n) is 0.956. The number of hydrazine groups is 2. The molecule has 0 aliphatic rings. The van der Waals surface area contributed by atoms with E-state index in [-0.39, 0.29) is 0 Å². The third kappa shape index (κ3) is 1.13. The third-order valence-electron chi connectivity index (χ3n) is 1.54. The van der Waals surface area contributed by atoms with E-state index in [9.17, 15) is 0 Å². The molecule has 0 bridgehead atoms. The number of hydrogen-bond donors (Lipinski definition) is 4. The largest absolute Gasteiger partial charge is 0.307 e. The van der Waals surface area contributed by atoms with Crippen molar-refractivity contribution in [1.29, 1.82) is 0 Å². The highest BCUT2D eigenvalue weighted by Gasteiger charge is 2.04.